The molecule has 1 amide bonds. The van der Waals surface area contributed by atoms with Crippen molar-refractivity contribution in [2.75, 3.05) is 5.75 Å². The Labute approximate surface area is 166 Å². The first-order valence-electron chi connectivity index (χ1n) is 8.37. The molecule has 0 bridgehead atoms. The topological polar surface area (TPSA) is 68.5 Å². The van der Waals surface area contributed by atoms with Crippen LogP contribution in [-0.4, -0.2) is 24.6 Å². The number of rotatable bonds is 4. The summed E-state index contributed by atoms with van der Waals surface area (Å²) in [5, 5.41) is 0.637. The second-order valence-electron chi connectivity index (χ2n) is 6.22. The van der Waals surface area contributed by atoms with Crippen molar-refractivity contribution in [1.29, 1.82) is 0 Å². The summed E-state index contributed by atoms with van der Waals surface area (Å²) in [7, 11) is -1.38. The van der Waals surface area contributed by atoms with E-state index in [9.17, 15) is 13.2 Å². The van der Waals surface area contributed by atoms with Gasteiger partial charge in [0.2, 0.25) is 0 Å². The van der Waals surface area contributed by atoms with Crippen LogP contribution in [0.25, 0.3) is 10.2 Å². The third-order valence-corrected chi connectivity index (χ3v) is 7.68. The number of nitrogens with zero attached hydrogens (tertiary/aromatic N) is 2. The maximum absolute atomic E-state index is 12.4. The quantitative estimate of drug-likeness (QED) is 0.644. The van der Waals surface area contributed by atoms with E-state index in [4.69, 9.17) is 11.6 Å². The van der Waals surface area contributed by atoms with Gasteiger partial charge in [-0.25, -0.2) is 8.42 Å². The van der Waals surface area contributed by atoms with Crippen LogP contribution in [0.2, 0.25) is 5.02 Å². The van der Waals surface area contributed by atoms with Gasteiger partial charge in [0.1, 0.15) is 0 Å². The van der Waals surface area contributed by atoms with Gasteiger partial charge in [-0.05, 0) is 36.2 Å². The standard InChI is InChI=1S/C19H19ClN2O3S2/c1-4-27(24,25)14-8-6-13(7-9-14)11-16(23)21-19-22(3)17-12(2)5-10-15(20)18(17)26-19/h5-10H,4,11H2,1-3H3. The Kier molecular flexibility index (Phi) is 5.55. The molecule has 1 aromatic heterocycles. The lowest BCUT2D eigenvalue weighted by atomic mass is 10.1. The number of hydrogen-bond donors (Lipinski definition) is 0. The van der Waals surface area contributed by atoms with Crippen molar-refractivity contribution in [3.05, 3.63) is 57.3 Å². The van der Waals surface area contributed by atoms with E-state index in [1.807, 2.05) is 30.7 Å². The van der Waals surface area contributed by atoms with E-state index in [-0.39, 0.29) is 23.0 Å². The summed E-state index contributed by atoms with van der Waals surface area (Å²) < 4.78 is 26.5. The lowest BCUT2D eigenvalue weighted by molar-refractivity contribution is -0.117. The van der Waals surface area contributed by atoms with Crippen LogP contribution in [0.4, 0.5) is 0 Å². The molecular weight excluding hydrogens is 404 g/mol. The highest BCUT2D eigenvalue weighted by atomic mass is 35.5. The fourth-order valence-corrected chi connectivity index (χ4v) is 5.08. The fourth-order valence-electron chi connectivity index (χ4n) is 2.81. The Hall–Kier alpha value is -1.96. The van der Waals surface area contributed by atoms with Gasteiger partial charge < -0.3 is 4.57 Å². The molecule has 3 rings (SSSR count). The highest BCUT2D eigenvalue weighted by Gasteiger charge is 2.13. The number of benzene rings is 2. The minimum absolute atomic E-state index is 0.0467. The zero-order chi connectivity index (χ0) is 19.8. The van der Waals surface area contributed by atoms with Gasteiger partial charge in [0.15, 0.2) is 14.6 Å². The number of sulfone groups is 1. The highest BCUT2D eigenvalue weighted by Crippen LogP contribution is 2.28. The summed E-state index contributed by atoms with van der Waals surface area (Å²) >= 11 is 7.64. The number of hydrogen-bond acceptors (Lipinski definition) is 4. The Balaban J connectivity index is 1.90. The lowest BCUT2D eigenvalue weighted by Crippen LogP contribution is -2.14. The minimum atomic E-state index is -3.24. The van der Waals surface area contributed by atoms with E-state index in [0.717, 1.165) is 21.3 Å². The molecule has 0 unspecified atom stereocenters. The molecule has 2 aromatic carbocycles. The molecule has 3 aromatic rings. The molecule has 0 aliphatic carbocycles. The second kappa shape index (κ2) is 7.58. The van der Waals surface area contributed by atoms with E-state index in [0.29, 0.717) is 9.82 Å². The zero-order valence-electron chi connectivity index (χ0n) is 15.2. The van der Waals surface area contributed by atoms with Gasteiger partial charge in [0.25, 0.3) is 5.91 Å². The summed E-state index contributed by atoms with van der Waals surface area (Å²) in [6.45, 7) is 3.59. The van der Waals surface area contributed by atoms with Gasteiger partial charge in [0, 0.05) is 7.05 Å². The van der Waals surface area contributed by atoms with Gasteiger partial charge in [0.05, 0.1) is 32.3 Å². The Morgan fingerprint density at radius 2 is 1.85 bits per heavy atom. The summed E-state index contributed by atoms with van der Waals surface area (Å²) in [6.07, 6.45) is 0.105. The highest BCUT2D eigenvalue weighted by molar-refractivity contribution is 7.91. The molecule has 0 spiro atoms. The number of aromatic nitrogens is 1. The van der Waals surface area contributed by atoms with Crippen LogP contribution in [0.5, 0.6) is 0 Å². The van der Waals surface area contributed by atoms with Crippen molar-refractivity contribution < 1.29 is 13.2 Å². The molecule has 0 aliphatic rings. The van der Waals surface area contributed by atoms with Gasteiger partial charge in [-0.15, -0.1) is 0 Å². The largest absolute Gasteiger partial charge is 0.319 e. The van der Waals surface area contributed by atoms with E-state index in [1.54, 1.807) is 19.1 Å². The number of thiazole rings is 1. The molecular formula is C19H19ClN2O3S2. The molecule has 0 radical (unpaired) electrons. The SMILES string of the molecule is CCS(=O)(=O)c1ccc(CC(=O)N=c2sc3c(Cl)ccc(C)c3n2C)cc1. The first-order valence-corrected chi connectivity index (χ1v) is 11.2. The number of halogens is 1. The van der Waals surface area contributed by atoms with Crippen LogP contribution in [-0.2, 0) is 28.1 Å². The van der Waals surface area contributed by atoms with Gasteiger partial charge in [-0.2, -0.15) is 4.99 Å². The smallest absolute Gasteiger partial charge is 0.252 e. The van der Waals surface area contributed by atoms with Crippen LogP contribution in [0.15, 0.2) is 46.3 Å². The summed E-state index contributed by atoms with van der Waals surface area (Å²) in [4.78, 5) is 17.5. The predicted octanol–water partition coefficient (Wildman–Crippen LogP) is 3.67. The van der Waals surface area contributed by atoms with E-state index in [2.05, 4.69) is 4.99 Å². The number of aryl methyl sites for hydroxylation is 2. The van der Waals surface area contributed by atoms with E-state index in [1.165, 1.54) is 23.5 Å². The van der Waals surface area contributed by atoms with Crippen molar-refractivity contribution in [2.24, 2.45) is 12.0 Å². The van der Waals surface area contributed by atoms with Gasteiger partial charge in [-0.3, -0.25) is 4.79 Å². The minimum Gasteiger partial charge on any atom is -0.319 e. The summed E-state index contributed by atoms with van der Waals surface area (Å²) in [6, 6.07) is 10.2. The molecule has 0 atom stereocenters. The number of carbonyl (C=O) groups is 1. The van der Waals surface area contributed by atoms with Crippen molar-refractivity contribution in [3.63, 3.8) is 0 Å². The van der Waals surface area contributed by atoms with Crippen LogP contribution < -0.4 is 4.80 Å². The molecule has 0 saturated carbocycles. The fraction of sp³-hybridized carbons (Fsp3) is 0.263. The molecule has 1 heterocycles. The third kappa shape index (κ3) is 4.00. The summed E-state index contributed by atoms with van der Waals surface area (Å²) in [5.74, 6) is -0.248. The molecule has 0 aliphatic heterocycles. The van der Waals surface area contributed by atoms with Crippen LogP contribution in [0.1, 0.15) is 18.1 Å². The van der Waals surface area contributed by atoms with Crippen molar-refractivity contribution >= 4 is 48.9 Å². The molecule has 0 N–H and O–H groups in total. The average molecular weight is 423 g/mol. The van der Waals surface area contributed by atoms with Crippen molar-refractivity contribution in [1.82, 2.24) is 4.57 Å². The first-order chi connectivity index (χ1) is 12.7. The van der Waals surface area contributed by atoms with Gasteiger partial charge >= 0.3 is 0 Å². The van der Waals surface area contributed by atoms with Crippen LogP contribution >= 0.6 is 22.9 Å². The van der Waals surface area contributed by atoms with E-state index < -0.39 is 9.84 Å². The van der Waals surface area contributed by atoms with E-state index >= 15 is 0 Å². The Morgan fingerprint density at radius 3 is 2.44 bits per heavy atom. The first kappa shape index (κ1) is 19.8. The van der Waals surface area contributed by atoms with Crippen molar-refractivity contribution in [3.8, 4) is 0 Å². The number of fused-ring (bicyclic) bond motifs is 1. The predicted molar refractivity (Wildman–Crippen MR) is 109 cm³/mol. The Morgan fingerprint density at radius 1 is 1.19 bits per heavy atom. The number of carbonyl (C=O) groups excluding carboxylic acids is 1. The maximum atomic E-state index is 12.4. The normalized spacial score (nSPS) is 12.7. The maximum Gasteiger partial charge on any atom is 0.252 e. The van der Waals surface area contributed by atoms with Crippen LogP contribution in [0.3, 0.4) is 0 Å². The molecule has 142 valence electrons. The molecule has 8 heteroatoms. The Bertz CT molecular complexity index is 1190. The zero-order valence-corrected chi connectivity index (χ0v) is 17.6. The average Bonchev–Trinajstić information content (AvgIpc) is 2.96. The molecule has 5 nitrogen and oxygen atoms in total. The lowest BCUT2D eigenvalue weighted by Gasteiger charge is -2.03. The monoisotopic (exact) mass is 422 g/mol. The molecule has 0 saturated heterocycles. The molecule has 0 fully saturated rings. The van der Waals surface area contributed by atoms with Gasteiger partial charge in [-0.1, -0.05) is 48.1 Å². The second-order valence-corrected chi connectivity index (χ2v) is 9.88. The number of amides is 1. The summed E-state index contributed by atoms with van der Waals surface area (Å²) in [5.41, 5.74) is 2.75. The third-order valence-electron chi connectivity index (χ3n) is 4.34. The molecule has 27 heavy (non-hydrogen) atoms. The van der Waals surface area contributed by atoms with Crippen molar-refractivity contribution in [2.45, 2.75) is 25.2 Å². The van der Waals surface area contributed by atoms with Crippen LogP contribution in [0, 0.1) is 6.92 Å².